The van der Waals surface area contributed by atoms with E-state index in [2.05, 4.69) is 5.32 Å². The van der Waals surface area contributed by atoms with Gasteiger partial charge in [-0.05, 0) is 63.5 Å². The summed E-state index contributed by atoms with van der Waals surface area (Å²) >= 11 is 0. The molecule has 0 amide bonds. The Morgan fingerprint density at radius 1 is 1.12 bits per heavy atom. The van der Waals surface area contributed by atoms with Gasteiger partial charge in [0.2, 0.25) is 10.0 Å². The van der Waals surface area contributed by atoms with Gasteiger partial charge in [-0.15, -0.1) is 0 Å². The fourth-order valence-electron chi connectivity index (χ4n) is 3.02. The average molecular weight is 371 g/mol. The van der Waals surface area contributed by atoms with Crippen molar-refractivity contribution < 1.29 is 17.9 Å². The molecule has 0 bridgehead atoms. The summed E-state index contributed by atoms with van der Waals surface area (Å²) in [5.41, 5.74) is 0. The maximum absolute atomic E-state index is 13.1. The van der Waals surface area contributed by atoms with Gasteiger partial charge in [0, 0.05) is 19.2 Å². The molecule has 1 aromatic rings. The van der Waals surface area contributed by atoms with Crippen molar-refractivity contribution in [1.82, 2.24) is 9.62 Å². The van der Waals surface area contributed by atoms with E-state index in [0.717, 1.165) is 32.4 Å². The van der Waals surface area contributed by atoms with Crippen molar-refractivity contribution in [1.29, 1.82) is 0 Å². The van der Waals surface area contributed by atoms with E-state index < -0.39 is 10.0 Å². The average Bonchev–Trinajstić information content (AvgIpc) is 2.64. The van der Waals surface area contributed by atoms with E-state index in [1.807, 2.05) is 13.8 Å². The van der Waals surface area contributed by atoms with Gasteiger partial charge in [0.1, 0.15) is 12.4 Å². The summed E-state index contributed by atoms with van der Waals surface area (Å²) < 4.78 is 38.6. The van der Waals surface area contributed by atoms with Crippen LogP contribution < -0.4 is 10.1 Å². The van der Waals surface area contributed by atoms with E-state index in [-0.39, 0.29) is 6.04 Å². The SMILES string of the molecule is CCCN(C1CCNCC1)S(=O)(=O)c1ccc(OCCOCC)cc1. The number of benzene rings is 1. The highest BCUT2D eigenvalue weighted by molar-refractivity contribution is 7.89. The highest BCUT2D eigenvalue weighted by Crippen LogP contribution is 2.24. The van der Waals surface area contributed by atoms with Crippen LogP contribution in [0.1, 0.15) is 33.1 Å². The van der Waals surface area contributed by atoms with Crippen LogP contribution >= 0.6 is 0 Å². The Balaban J connectivity index is 2.07. The molecule has 142 valence electrons. The number of nitrogens with one attached hydrogen (secondary N) is 1. The zero-order chi connectivity index (χ0) is 18.1. The first-order valence-electron chi connectivity index (χ1n) is 9.12. The monoisotopic (exact) mass is 370 g/mol. The molecule has 0 radical (unpaired) electrons. The van der Waals surface area contributed by atoms with E-state index in [1.165, 1.54) is 0 Å². The number of nitrogens with zero attached hydrogens (tertiary/aromatic N) is 1. The second-order valence-electron chi connectivity index (χ2n) is 6.11. The van der Waals surface area contributed by atoms with Gasteiger partial charge in [0.05, 0.1) is 11.5 Å². The third-order valence-electron chi connectivity index (χ3n) is 4.29. The Hall–Kier alpha value is -1.15. The first-order chi connectivity index (χ1) is 12.1. The fraction of sp³-hybridized carbons (Fsp3) is 0.667. The summed E-state index contributed by atoms with van der Waals surface area (Å²) in [5, 5.41) is 3.29. The van der Waals surface area contributed by atoms with Crippen LogP contribution in [-0.2, 0) is 14.8 Å². The molecule has 25 heavy (non-hydrogen) atoms. The first-order valence-corrected chi connectivity index (χ1v) is 10.6. The molecule has 1 aromatic carbocycles. The zero-order valence-electron chi connectivity index (χ0n) is 15.2. The van der Waals surface area contributed by atoms with Crippen LogP contribution in [0, 0.1) is 0 Å². The Kier molecular flexibility index (Phi) is 8.15. The smallest absolute Gasteiger partial charge is 0.243 e. The van der Waals surface area contributed by atoms with Crippen molar-refractivity contribution in [3.63, 3.8) is 0 Å². The summed E-state index contributed by atoms with van der Waals surface area (Å²) in [6.45, 7) is 7.88. The molecule has 0 saturated carbocycles. The molecule has 1 N–H and O–H groups in total. The minimum atomic E-state index is -3.48. The van der Waals surface area contributed by atoms with Gasteiger partial charge in [-0.25, -0.2) is 8.42 Å². The Morgan fingerprint density at radius 2 is 1.80 bits per heavy atom. The largest absolute Gasteiger partial charge is 0.491 e. The quantitative estimate of drug-likeness (QED) is 0.640. The van der Waals surface area contributed by atoms with Crippen LogP contribution in [0.4, 0.5) is 0 Å². The molecule has 0 unspecified atom stereocenters. The number of rotatable bonds is 10. The summed E-state index contributed by atoms with van der Waals surface area (Å²) in [6, 6.07) is 6.77. The minimum absolute atomic E-state index is 0.0771. The van der Waals surface area contributed by atoms with Gasteiger partial charge in [0.15, 0.2) is 0 Å². The fourth-order valence-corrected chi connectivity index (χ4v) is 4.80. The molecule has 1 saturated heterocycles. The van der Waals surface area contributed by atoms with Crippen LogP contribution in [0.3, 0.4) is 0 Å². The molecule has 1 aliphatic heterocycles. The number of sulfonamides is 1. The predicted molar refractivity (Wildman–Crippen MR) is 98.5 cm³/mol. The second kappa shape index (κ2) is 10.1. The lowest BCUT2D eigenvalue weighted by atomic mass is 10.1. The third kappa shape index (κ3) is 5.67. The lowest BCUT2D eigenvalue weighted by molar-refractivity contribution is 0.110. The van der Waals surface area contributed by atoms with Gasteiger partial charge in [-0.1, -0.05) is 6.92 Å². The van der Waals surface area contributed by atoms with E-state index >= 15 is 0 Å². The molecule has 1 fully saturated rings. The molecule has 6 nitrogen and oxygen atoms in total. The third-order valence-corrected chi connectivity index (χ3v) is 6.26. The van der Waals surface area contributed by atoms with Crippen LogP contribution in [0.2, 0.25) is 0 Å². The van der Waals surface area contributed by atoms with Crippen LogP contribution in [0.5, 0.6) is 5.75 Å². The minimum Gasteiger partial charge on any atom is -0.491 e. The standard InChI is InChI=1S/C18H30N2O4S/c1-3-13-20(16-9-11-19-12-10-16)25(21,22)18-7-5-17(6-8-18)24-15-14-23-4-2/h5-8,16,19H,3-4,9-15H2,1-2H3. The topological polar surface area (TPSA) is 67.9 Å². The van der Waals surface area contributed by atoms with E-state index in [4.69, 9.17) is 9.47 Å². The number of piperidine rings is 1. The Labute approximate surface area is 151 Å². The highest BCUT2D eigenvalue weighted by atomic mass is 32.2. The summed E-state index contributed by atoms with van der Waals surface area (Å²) in [7, 11) is -3.48. The van der Waals surface area contributed by atoms with Gasteiger partial charge >= 0.3 is 0 Å². The van der Waals surface area contributed by atoms with Crippen LogP contribution in [0.15, 0.2) is 29.2 Å². The number of hydrogen-bond donors (Lipinski definition) is 1. The van der Waals surface area contributed by atoms with Gasteiger partial charge < -0.3 is 14.8 Å². The highest BCUT2D eigenvalue weighted by Gasteiger charge is 2.31. The van der Waals surface area contributed by atoms with Crippen LogP contribution in [0.25, 0.3) is 0 Å². The van der Waals surface area contributed by atoms with Crippen LogP contribution in [-0.4, -0.2) is 58.2 Å². The van der Waals surface area contributed by atoms with Crippen molar-refractivity contribution in [2.24, 2.45) is 0 Å². The summed E-state index contributed by atoms with van der Waals surface area (Å²) in [6.07, 6.45) is 2.53. The maximum Gasteiger partial charge on any atom is 0.243 e. The molecule has 0 aliphatic carbocycles. The van der Waals surface area contributed by atoms with Crippen molar-refractivity contribution in [2.45, 2.75) is 44.0 Å². The number of ether oxygens (including phenoxy) is 2. The lowest BCUT2D eigenvalue weighted by Gasteiger charge is -2.33. The Morgan fingerprint density at radius 3 is 2.40 bits per heavy atom. The van der Waals surface area contributed by atoms with Crippen molar-refractivity contribution in [2.75, 3.05) is 39.5 Å². The molecule has 0 spiro atoms. The predicted octanol–water partition coefficient (Wildman–Crippen LogP) is 2.25. The lowest BCUT2D eigenvalue weighted by Crippen LogP contribution is -2.46. The van der Waals surface area contributed by atoms with E-state index in [9.17, 15) is 8.42 Å². The maximum atomic E-state index is 13.1. The van der Waals surface area contributed by atoms with Gasteiger partial charge in [-0.2, -0.15) is 4.31 Å². The molecule has 0 aromatic heterocycles. The molecular weight excluding hydrogens is 340 g/mol. The molecular formula is C18H30N2O4S. The van der Waals surface area contributed by atoms with E-state index in [1.54, 1.807) is 28.6 Å². The van der Waals surface area contributed by atoms with Crippen molar-refractivity contribution in [3.05, 3.63) is 24.3 Å². The normalized spacial score (nSPS) is 16.3. The number of hydrogen-bond acceptors (Lipinski definition) is 5. The zero-order valence-corrected chi connectivity index (χ0v) is 16.1. The van der Waals surface area contributed by atoms with Crippen molar-refractivity contribution in [3.8, 4) is 5.75 Å². The van der Waals surface area contributed by atoms with E-state index in [0.29, 0.717) is 37.0 Å². The summed E-state index contributed by atoms with van der Waals surface area (Å²) in [4.78, 5) is 0.330. The molecule has 0 atom stereocenters. The summed E-state index contributed by atoms with van der Waals surface area (Å²) in [5.74, 6) is 0.655. The molecule has 1 heterocycles. The second-order valence-corrected chi connectivity index (χ2v) is 8.00. The van der Waals surface area contributed by atoms with Crippen molar-refractivity contribution >= 4 is 10.0 Å². The van der Waals surface area contributed by atoms with Gasteiger partial charge in [-0.3, -0.25) is 0 Å². The van der Waals surface area contributed by atoms with Gasteiger partial charge in [0.25, 0.3) is 0 Å². The molecule has 2 rings (SSSR count). The molecule has 1 aliphatic rings. The Bertz CT molecular complexity index is 598. The first kappa shape index (κ1) is 20.2. The molecule has 7 heteroatoms.